The number of aromatic amines is 2. The molecule has 5 aromatic rings. The molecule has 3 aromatic carbocycles. The second-order valence-electron chi connectivity index (χ2n) is 9.07. The number of ether oxygens (including phenoxy) is 2. The summed E-state index contributed by atoms with van der Waals surface area (Å²) < 4.78 is 11.3. The van der Waals surface area contributed by atoms with Crippen molar-refractivity contribution < 1.29 is 9.47 Å². The first-order valence-corrected chi connectivity index (χ1v) is 11.8. The summed E-state index contributed by atoms with van der Waals surface area (Å²) in [5.74, 6) is 3.01. The van der Waals surface area contributed by atoms with Crippen LogP contribution in [0, 0.1) is 0 Å². The summed E-state index contributed by atoms with van der Waals surface area (Å²) in [6.07, 6.45) is 0. The smallest absolute Gasteiger partial charge is 0.159 e. The molecule has 35 heavy (non-hydrogen) atoms. The van der Waals surface area contributed by atoms with Gasteiger partial charge in [-0.1, -0.05) is 6.07 Å². The molecule has 0 unspecified atom stereocenters. The third kappa shape index (κ3) is 4.45. The highest BCUT2D eigenvalue weighted by Gasteiger charge is 2.16. The predicted molar refractivity (Wildman–Crippen MR) is 137 cm³/mol. The van der Waals surface area contributed by atoms with E-state index in [0.717, 1.165) is 83.4 Å². The maximum atomic E-state index is 6.06. The summed E-state index contributed by atoms with van der Waals surface area (Å²) in [6.45, 7) is 5.39. The Kier molecular flexibility index (Phi) is 5.60. The molecule has 2 aromatic heterocycles. The molecule has 8 nitrogen and oxygen atoms in total. The van der Waals surface area contributed by atoms with Crippen LogP contribution in [0.4, 0.5) is 0 Å². The van der Waals surface area contributed by atoms with Gasteiger partial charge in [0.15, 0.2) is 5.82 Å². The molecule has 2 N–H and O–H groups in total. The molecule has 6 rings (SSSR count). The Balaban J connectivity index is 1.26. The summed E-state index contributed by atoms with van der Waals surface area (Å²) in [5, 5.41) is 8.62. The van der Waals surface area contributed by atoms with Crippen LogP contribution in [0.15, 0.2) is 60.7 Å². The van der Waals surface area contributed by atoms with E-state index >= 15 is 0 Å². The van der Waals surface area contributed by atoms with E-state index in [1.807, 2.05) is 42.5 Å². The third-order valence-corrected chi connectivity index (χ3v) is 6.60. The number of hydrogen-bond acceptors (Lipinski definition) is 6. The van der Waals surface area contributed by atoms with Crippen molar-refractivity contribution in [1.29, 1.82) is 0 Å². The molecule has 0 atom stereocenters. The number of nitrogens with zero attached hydrogens (tertiary/aromatic N) is 4. The quantitative estimate of drug-likeness (QED) is 0.377. The fourth-order valence-electron chi connectivity index (χ4n) is 4.55. The number of nitrogens with one attached hydrogen (secondary N) is 2. The number of piperazine rings is 1. The predicted octanol–water partition coefficient (Wildman–Crippen LogP) is 4.65. The van der Waals surface area contributed by atoms with Crippen LogP contribution >= 0.6 is 0 Å². The Labute approximate surface area is 203 Å². The number of benzene rings is 3. The van der Waals surface area contributed by atoms with Crippen LogP contribution in [0.3, 0.4) is 0 Å². The molecule has 0 aliphatic carbocycles. The topological polar surface area (TPSA) is 82.3 Å². The maximum absolute atomic E-state index is 6.06. The van der Waals surface area contributed by atoms with E-state index in [0.29, 0.717) is 0 Å². The Hall–Kier alpha value is -3.88. The molecule has 0 saturated carbocycles. The van der Waals surface area contributed by atoms with Crippen LogP contribution in [0.25, 0.3) is 33.5 Å². The van der Waals surface area contributed by atoms with Gasteiger partial charge >= 0.3 is 0 Å². The minimum absolute atomic E-state index is 0.732. The molecule has 0 radical (unpaired) electrons. The van der Waals surface area contributed by atoms with E-state index < -0.39 is 0 Å². The van der Waals surface area contributed by atoms with E-state index in [9.17, 15) is 0 Å². The normalized spacial score (nSPS) is 15.1. The fraction of sp³-hybridized carbons (Fsp3) is 0.259. The van der Waals surface area contributed by atoms with E-state index in [-0.39, 0.29) is 0 Å². The summed E-state index contributed by atoms with van der Waals surface area (Å²) in [7, 11) is 3.83. The number of hydrogen-bond donors (Lipinski definition) is 2. The average Bonchev–Trinajstić information content (AvgIpc) is 3.49. The Morgan fingerprint density at radius 3 is 2.43 bits per heavy atom. The lowest BCUT2D eigenvalue weighted by molar-refractivity contribution is 0.148. The number of fused-ring (bicyclic) bond motifs is 2. The van der Waals surface area contributed by atoms with E-state index in [4.69, 9.17) is 14.5 Å². The van der Waals surface area contributed by atoms with Gasteiger partial charge in [-0.2, -0.15) is 5.10 Å². The van der Waals surface area contributed by atoms with E-state index in [1.165, 1.54) is 5.56 Å². The average molecular weight is 469 g/mol. The molecule has 0 amide bonds. The van der Waals surface area contributed by atoms with E-state index in [1.54, 1.807) is 7.11 Å². The molecular formula is C27H28N6O2. The van der Waals surface area contributed by atoms with Gasteiger partial charge in [-0.05, 0) is 67.2 Å². The SMILES string of the molecule is COc1ccc(Oc2ccc3[nH]nc(-c4nc5ccc(CN6CCN(C)CC6)cc5[nH]4)c3c2)cc1. The third-order valence-electron chi connectivity index (χ3n) is 6.60. The van der Waals surface area contributed by atoms with Gasteiger partial charge in [0.25, 0.3) is 0 Å². The van der Waals surface area contributed by atoms with Crippen molar-refractivity contribution in [2.24, 2.45) is 0 Å². The lowest BCUT2D eigenvalue weighted by atomic mass is 10.1. The van der Waals surface area contributed by atoms with Gasteiger partial charge in [0.2, 0.25) is 0 Å². The van der Waals surface area contributed by atoms with Gasteiger partial charge in [0.05, 0.1) is 23.7 Å². The highest BCUT2D eigenvalue weighted by atomic mass is 16.5. The molecule has 1 fully saturated rings. The van der Waals surface area contributed by atoms with Crippen LogP contribution in [0.1, 0.15) is 5.56 Å². The van der Waals surface area contributed by atoms with Crippen molar-refractivity contribution in [2.45, 2.75) is 6.54 Å². The first-order chi connectivity index (χ1) is 17.1. The molecule has 178 valence electrons. The Morgan fingerprint density at radius 1 is 0.857 bits per heavy atom. The van der Waals surface area contributed by atoms with Crippen LogP contribution in [0.2, 0.25) is 0 Å². The van der Waals surface area contributed by atoms with Crippen LogP contribution < -0.4 is 9.47 Å². The summed E-state index contributed by atoms with van der Waals surface area (Å²) in [5.41, 5.74) is 4.95. The number of likely N-dealkylation sites (N-methyl/N-ethyl adjacent to an activating group) is 1. The molecule has 0 bridgehead atoms. The van der Waals surface area contributed by atoms with Crippen molar-refractivity contribution in [2.75, 3.05) is 40.3 Å². The molecular weight excluding hydrogens is 440 g/mol. The first-order valence-electron chi connectivity index (χ1n) is 11.8. The van der Waals surface area contributed by atoms with Crippen molar-refractivity contribution >= 4 is 21.9 Å². The second kappa shape index (κ2) is 9.05. The summed E-state index contributed by atoms with van der Waals surface area (Å²) >= 11 is 0. The van der Waals surface area contributed by atoms with E-state index in [2.05, 4.69) is 50.2 Å². The lowest BCUT2D eigenvalue weighted by Gasteiger charge is -2.32. The highest BCUT2D eigenvalue weighted by Crippen LogP contribution is 2.31. The number of imidazole rings is 1. The Bertz CT molecular complexity index is 1460. The first kappa shape index (κ1) is 21.6. The van der Waals surface area contributed by atoms with Crippen molar-refractivity contribution in [1.82, 2.24) is 30.0 Å². The van der Waals surface area contributed by atoms with Crippen LogP contribution in [-0.2, 0) is 6.54 Å². The van der Waals surface area contributed by atoms with Gasteiger partial charge in [-0.15, -0.1) is 0 Å². The van der Waals surface area contributed by atoms with Gasteiger partial charge in [0, 0.05) is 38.1 Å². The second-order valence-corrected chi connectivity index (χ2v) is 9.07. The highest BCUT2D eigenvalue weighted by molar-refractivity contribution is 5.94. The van der Waals surface area contributed by atoms with Crippen LogP contribution in [-0.4, -0.2) is 70.3 Å². The monoisotopic (exact) mass is 468 g/mol. The number of aromatic nitrogens is 4. The standard InChI is InChI=1S/C27H28N6O2/c1-32-11-13-33(14-12-32)17-18-3-9-24-25(15-18)29-27(28-24)26-22-16-21(8-10-23(22)30-31-26)35-20-6-4-19(34-2)5-7-20/h3-10,15-16H,11-14,17H2,1-2H3,(H,28,29)(H,30,31). The van der Waals surface area contributed by atoms with Gasteiger partial charge in [0.1, 0.15) is 22.9 Å². The lowest BCUT2D eigenvalue weighted by Crippen LogP contribution is -2.43. The fourth-order valence-corrected chi connectivity index (χ4v) is 4.55. The maximum Gasteiger partial charge on any atom is 0.159 e. The van der Waals surface area contributed by atoms with Gasteiger partial charge in [-0.25, -0.2) is 4.98 Å². The molecule has 1 saturated heterocycles. The molecule has 8 heteroatoms. The number of rotatable bonds is 6. The van der Waals surface area contributed by atoms with Crippen molar-refractivity contribution in [3.8, 4) is 28.8 Å². The van der Waals surface area contributed by atoms with Gasteiger partial charge in [-0.3, -0.25) is 10.00 Å². The van der Waals surface area contributed by atoms with Crippen molar-refractivity contribution in [3.63, 3.8) is 0 Å². The molecule has 1 aliphatic heterocycles. The zero-order chi connectivity index (χ0) is 23.8. The van der Waals surface area contributed by atoms with Gasteiger partial charge < -0.3 is 19.4 Å². The summed E-state index contributed by atoms with van der Waals surface area (Å²) in [6, 6.07) is 19.9. The largest absolute Gasteiger partial charge is 0.497 e. The zero-order valence-electron chi connectivity index (χ0n) is 19.9. The molecule has 0 spiro atoms. The number of H-pyrrole nitrogens is 2. The zero-order valence-corrected chi connectivity index (χ0v) is 19.9. The molecule has 3 heterocycles. The van der Waals surface area contributed by atoms with Crippen LogP contribution in [0.5, 0.6) is 17.2 Å². The molecule has 1 aliphatic rings. The Morgan fingerprint density at radius 2 is 1.63 bits per heavy atom. The number of methoxy groups -OCH3 is 1. The minimum Gasteiger partial charge on any atom is -0.497 e. The van der Waals surface area contributed by atoms with Crippen molar-refractivity contribution in [3.05, 3.63) is 66.2 Å². The summed E-state index contributed by atoms with van der Waals surface area (Å²) in [4.78, 5) is 13.2. The minimum atomic E-state index is 0.732.